The average Bonchev–Trinajstić information content (AvgIpc) is 2.73. The molecule has 10 heteroatoms. The maximum atomic E-state index is 12.7. The molecule has 4 nitrogen and oxygen atoms in total. The van der Waals surface area contributed by atoms with E-state index < -0.39 is 23.8 Å². The van der Waals surface area contributed by atoms with Gasteiger partial charge in [-0.1, -0.05) is 12.1 Å². The monoisotopic (exact) mass is 365 g/mol. The number of carbonyl (C=O) groups is 1. The first kappa shape index (κ1) is 18.8. The minimum Gasteiger partial charge on any atom is -0.315 e. The summed E-state index contributed by atoms with van der Waals surface area (Å²) < 4.78 is 76.5. The van der Waals surface area contributed by atoms with Gasteiger partial charge in [-0.3, -0.25) is 9.48 Å². The van der Waals surface area contributed by atoms with Gasteiger partial charge in [-0.2, -0.15) is 31.4 Å². The van der Waals surface area contributed by atoms with E-state index in [0.29, 0.717) is 0 Å². The molecule has 0 saturated carbocycles. The predicted octanol–water partition coefficient (Wildman–Crippen LogP) is 4.07. The number of nitrogens with one attached hydrogen (secondary N) is 1. The van der Waals surface area contributed by atoms with Gasteiger partial charge < -0.3 is 5.32 Å². The number of benzene rings is 1. The van der Waals surface area contributed by atoms with Crippen molar-refractivity contribution in [3.05, 3.63) is 46.8 Å². The van der Waals surface area contributed by atoms with E-state index >= 15 is 0 Å². The van der Waals surface area contributed by atoms with Crippen molar-refractivity contribution in [2.24, 2.45) is 0 Å². The summed E-state index contributed by atoms with van der Waals surface area (Å²) >= 11 is 0. The lowest BCUT2D eigenvalue weighted by atomic mass is 10.1. The van der Waals surface area contributed by atoms with E-state index in [9.17, 15) is 31.1 Å². The summed E-state index contributed by atoms with van der Waals surface area (Å²) in [6.45, 7) is 2.72. The van der Waals surface area contributed by atoms with Crippen LogP contribution in [0.3, 0.4) is 0 Å². The molecule has 1 N–H and O–H groups in total. The molecule has 0 bridgehead atoms. The zero-order valence-electron chi connectivity index (χ0n) is 13.1. The molecule has 0 aliphatic heterocycles. The number of anilines is 1. The molecular formula is C15H13F6N3O. The molecule has 1 aromatic heterocycles. The molecule has 25 heavy (non-hydrogen) atoms. The fraction of sp³-hybridized carbons (Fsp3) is 0.333. The Hall–Kier alpha value is -2.52. The van der Waals surface area contributed by atoms with Gasteiger partial charge in [-0.25, -0.2) is 0 Å². The molecule has 0 aliphatic carbocycles. The van der Waals surface area contributed by atoms with Gasteiger partial charge in [-0.05, 0) is 31.5 Å². The molecule has 0 unspecified atom stereocenters. The van der Waals surface area contributed by atoms with Crippen molar-refractivity contribution < 1.29 is 31.1 Å². The predicted molar refractivity (Wildman–Crippen MR) is 76.9 cm³/mol. The maximum absolute atomic E-state index is 12.7. The Morgan fingerprint density at radius 3 is 2.36 bits per heavy atom. The second-order valence-corrected chi connectivity index (χ2v) is 5.35. The van der Waals surface area contributed by atoms with Crippen LogP contribution in [0.15, 0.2) is 24.3 Å². The quantitative estimate of drug-likeness (QED) is 0.834. The minimum atomic E-state index is -5.05. The molecule has 1 heterocycles. The van der Waals surface area contributed by atoms with E-state index in [1.807, 2.05) is 0 Å². The highest BCUT2D eigenvalue weighted by atomic mass is 19.4. The SMILES string of the molecule is Cc1nn(Cc2cccc(C(F)(F)F)c2)c(C)c1NC(=O)C(F)(F)F. The Morgan fingerprint density at radius 1 is 1.16 bits per heavy atom. The summed E-state index contributed by atoms with van der Waals surface area (Å²) in [6, 6.07) is 4.53. The molecule has 2 rings (SSSR count). The number of amides is 1. The third-order valence-electron chi connectivity index (χ3n) is 3.46. The highest BCUT2D eigenvalue weighted by molar-refractivity contribution is 5.95. The Bertz CT molecular complexity index is 792. The third-order valence-corrected chi connectivity index (χ3v) is 3.46. The van der Waals surface area contributed by atoms with Crippen molar-refractivity contribution in [1.29, 1.82) is 0 Å². The van der Waals surface area contributed by atoms with Gasteiger partial charge in [0.05, 0.1) is 29.2 Å². The van der Waals surface area contributed by atoms with Crippen LogP contribution in [-0.4, -0.2) is 21.9 Å². The molecule has 0 radical (unpaired) electrons. The first-order chi connectivity index (χ1) is 11.4. The number of nitrogens with zero attached hydrogens (tertiary/aromatic N) is 2. The van der Waals surface area contributed by atoms with Gasteiger partial charge in [0.25, 0.3) is 0 Å². The van der Waals surface area contributed by atoms with Crippen LogP contribution in [0.5, 0.6) is 0 Å². The highest BCUT2D eigenvalue weighted by Gasteiger charge is 2.39. The lowest BCUT2D eigenvalue weighted by Gasteiger charge is -2.10. The van der Waals surface area contributed by atoms with Crippen LogP contribution in [0.2, 0.25) is 0 Å². The number of hydrogen-bond donors (Lipinski definition) is 1. The molecular weight excluding hydrogens is 352 g/mol. The Morgan fingerprint density at radius 2 is 1.80 bits per heavy atom. The topological polar surface area (TPSA) is 46.9 Å². The van der Waals surface area contributed by atoms with E-state index in [2.05, 4.69) is 5.10 Å². The number of aryl methyl sites for hydroxylation is 1. The van der Waals surface area contributed by atoms with Gasteiger partial charge in [0, 0.05) is 0 Å². The summed E-state index contributed by atoms with van der Waals surface area (Å²) in [5.41, 5.74) is -0.352. The minimum absolute atomic E-state index is 0.0848. The molecule has 2 aromatic rings. The summed E-state index contributed by atoms with van der Waals surface area (Å²) in [4.78, 5) is 11.1. The van der Waals surface area contributed by atoms with Gasteiger partial charge in [0.15, 0.2) is 0 Å². The number of rotatable bonds is 3. The summed E-state index contributed by atoms with van der Waals surface area (Å²) in [6.07, 6.45) is -9.56. The fourth-order valence-corrected chi connectivity index (χ4v) is 2.24. The van der Waals surface area contributed by atoms with Crippen LogP contribution in [-0.2, 0) is 17.5 Å². The normalized spacial score (nSPS) is 12.3. The van der Waals surface area contributed by atoms with Crippen LogP contribution < -0.4 is 5.32 Å². The van der Waals surface area contributed by atoms with Crippen molar-refractivity contribution in [3.63, 3.8) is 0 Å². The Kier molecular flexibility index (Phi) is 4.83. The van der Waals surface area contributed by atoms with Crippen molar-refractivity contribution >= 4 is 11.6 Å². The van der Waals surface area contributed by atoms with E-state index in [-0.39, 0.29) is 29.2 Å². The molecule has 0 fully saturated rings. The van der Waals surface area contributed by atoms with Crippen LogP contribution in [0.1, 0.15) is 22.5 Å². The molecule has 1 aromatic carbocycles. The van der Waals surface area contributed by atoms with Crippen LogP contribution >= 0.6 is 0 Å². The summed E-state index contributed by atoms with van der Waals surface area (Å²) in [5.74, 6) is -2.14. The van der Waals surface area contributed by atoms with Gasteiger partial charge in [0.1, 0.15) is 0 Å². The van der Waals surface area contributed by atoms with Crippen molar-refractivity contribution in [1.82, 2.24) is 9.78 Å². The number of hydrogen-bond acceptors (Lipinski definition) is 2. The Labute approximate surface area is 138 Å². The van der Waals surface area contributed by atoms with Gasteiger partial charge in [-0.15, -0.1) is 0 Å². The summed E-state index contributed by atoms with van der Waals surface area (Å²) in [5, 5.41) is 5.72. The van der Waals surface area contributed by atoms with Crippen LogP contribution in [0.25, 0.3) is 0 Å². The molecule has 136 valence electrons. The van der Waals surface area contributed by atoms with E-state index in [4.69, 9.17) is 0 Å². The number of halogens is 6. The van der Waals surface area contributed by atoms with Crippen LogP contribution in [0.4, 0.5) is 32.0 Å². The largest absolute Gasteiger partial charge is 0.471 e. The smallest absolute Gasteiger partial charge is 0.315 e. The lowest BCUT2D eigenvalue weighted by Crippen LogP contribution is -2.30. The first-order valence-corrected chi connectivity index (χ1v) is 6.98. The van der Waals surface area contributed by atoms with Crippen molar-refractivity contribution in [3.8, 4) is 0 Å². The fourth-order valence-electron chi connectivity index (χ4n) is 2.24. The number of aromatic nitrogens is 2. The standard InChI is InChI=1S/C15H13F6N3O/c1-8-12(22-13(25)15(19,20)21)9(2)24(23-8)7-10-4-3-5-11(6-10)14(16,17)18/h3-6H,7H2,1-2H3,(H,22,25). The highest BCUT2D eigenvalue weighted by Crippen LogP contribution is 2.30. The van der Waals surface area contributed by atoms with Gasteiger partial charge in [0.2, 0.25) is 0 Å². The molecule has 0 aliphatic rings. The van der Waals surface area contributed by atoms with Crippen LogP contribution in [0, 0.1) is 13.8 Å². The number of carbonyl (C=O) groups excluding carboxylic acids is 1. The maximum Gasteiger partial charge on any atom is 0.471 e. The van der Waals surface area contributed by atoms with E-state index in [1.165, 1.54) is 30.7 Å². The second kappa shape index (κ2) is 6.41. The third kappa shape index (κ3) is 4.31. The van der Waals surface area contributed by atoms with Gasteiger partial charge >= 0.3 is 18.3 Å². The second-order valence-electron chi connectivity index (χ2n) is 5.35. The van der Waals surface area contributed by atoms with E-state index in [0.717, 1.165) is 12.1 Å². The van der Waals surface area contributed by atoms with E-state index in [1.54, 1.807) is 5.32 Å². The summed E-state index contributed by atoms with van der Waals surface area (Å²) in [7, 11) is 0. The molecule has 1 amide bonds. The van der Waals surface area contributed by atoms with Crippen molar-refractivity contribution in [2.45, 2.75) is 32.7 Å². The molecule has 0 saturated heterocycles. The number of alkyl halides is 6. The Balaban J connectivity index is 2.28. The lowest BCUT2D eigenvalue weighted by molar-refractivity contribution is -0.167. The molecule has 0 spiro atoms. The first-order valence-electron chi connectivity index (χ1n) is 6.98. The average molecular weight is 365 g/mol. The zero-order chi connectivity index (χ0) is 19.0. The molecule has 0 atom stereocenters. The zero-order valence-corrected chi connectivity index (χ0v) is 13.1. The van der Waals surface area contributed by atoms with Crippen molar-refractivity contribution in [2.75, 3.05) is 5.32 Å².